The first-order valence-electron chi connectivity index (χ1n) is 7.54. The zero-order chi connectivity index (χ0) is 15.9. The van der Waals surface area contributed by atoms with Crippen LogP contribution < -0.4 is 10.7 Å². The van der Waals surface area contributed by atoms with Gasteiger partial charge in [0.05, 0.1) is 0 Å². The van der Waals surface area contributed by atoms with E-state index in [4.69, 9.17) is 0 Å². The highest BCUT2D eigenvalue weighted by Crippen LogP contribution is 2.36. The number of hydrazone groups is 1. The standard InChI is InChI=1S/C16H27N3O2/c1-5-10-17-14(20)11-15(21)19-18-13-8-6-12(7-9-13)16(2,3)4/h5,12H,1,6-11H2,2-4H3,(H,17,20)(H,19,21). The molecule has 0 aromatic heterocycles. The summed E-state index contributed by atoms with van der Waals surface area (Å²) in [5.41, 5.74) is 3.83. The number of amides is 2. The Morgan fingerprint density at radius 1 is 1.29 bits per heavy atom. The Balaban J connectivity index is 2.33. The number of hydrogen-bond acceptors (Lipinski definition) is 3. The SMILES string of the molecule is C=CCNC(=O)CC(=O)NN=C1CCC(C(C)(C)C)CC1. The minimum atomic E-state index is -0.373. The Kier molecular flexibility index (Phi) is 6.59. The number of carbonyl (C=O) groups is 2. The zero-order valence-electron chi connectivity index (χ0n) is 13.4. The quantitative estimate of drug-likeness (QED) is 0.464. The van der Waals surface area contributed by atoms with Crippen molar-refractivity contribution in [1.29, 1.82) is 0 Å². The second kappa shape index (κ2) is 7.96. The molecule has 5 heteroatoms. The summed E-state index contributed by atoms with van der Waals surface area (Å²) in [5.74, 6) is 0.0166. The predicted octanol–water partition coefficient (Wildman–Crippen LogP) is 2.39. The largest absolute Gasteiger partial charge is 0.352 e. The van der Waals surface area contributed by atoms with Crippen LogP contribution in [0.2, 0.25) is 0 Å². The summed E-state index contributed by atoms with van der Waals surface area (Å²) in [6, 6.07) is 0. The first-order chi connectivity index (χ1) is 9.82. The minimum Gasteiger partial charge on any atom is -0.352 e. The average molecular weight is 293 g/mol. The van der Waals surface area contributed by atoms with Crippen molar-refractivity contribution >= 4 is 17.5 Å². The lowest BCUT2D eigenvalue weighted by atomic mass is 9.72. The van der Waals surface area contributed by atoms with Crippen LogP contribution in [0.5, 0.6) is 0 Å². The van der Waals surface area contributed by atoms with Crippen LogP contribution in [0.1, 0.15) is 52.9 Å². The van der Waals surface area contributed by atoms with Crippen LogP contribution in [-0.2, 0) is 9.59 Å². The van der Waals surface area contributed by atoms with Crippen molar-refractivity contribution in [1.82, 2.24) is 10.7 Å². The molecule has 1 aliphatic carbocycles. The van der Waals surface area contributed by atoms with Crippen LogP contribution >= 0.6 is 0 Å². The summed E-state index contributed by atoms with van der Waals surface area (Å²) in [6.45, 7) is 10.7. The van der Waals surface area contributed by atoms with Crippen molar-refractivity contribution in [3.05, 3.63) is 12.7 Å². The molecule has 1 fully saturated rings. The maximum Gasteiger partial charge on any atom is 0.249 e. The lowest BCUT2D eigenvalue weighted by molar-refractivity contribution is -0.129. The van der Waals surface area contributed by atoms with Crippen molar-refractivity contribution in [2.45, 2.75) is 52.9 Å². The third-order valence-corrected chi connectivity index (χ3v) is 3.89. The molecule has 1 rings (SSSR count). The fourth-order valence-electron chi connectivity index (χ4n) is 2.50. The fraction of sp³-hybridized carbons (Fsp3) is 0.688. The Morgan fingerprint density at radius 2 is 1.90 bits per heavy atom. The molecule has 0 aliphatic heterocycles. The molecule has 0 unspecified atom stereocenters. The van der Waals surface area contributed by atoms with E-state index in [1.807, 2.05) is 0 Å². The number of hydrogen-bond donors (Lipinski definition) is 2. The zero-order valence-corrected chi connectivity index (χ0v) is 13.4. The molecule has 0 bridgehead atoms. The number of carbonyl (C=O) groups excluding carboxylic acids is 2. The summed E-state index contributed by atoms with van der Waals surface area (Å²) in [4.78, 5) is 22.9. The first-order valence-corrected chi connectivity index (χ1v) is 7.54. The van der Waals surface area contributed by atoms with Gasteiger partial charge < -0.3 is 5.32 Å². The van der Waals surface area contributed by atoms with Gasteiger partial charge in [0.1, 0.15) is 6.42 Å². The number of nitrogens with zero attached hydrogens (tertiary/aromatic N) is 1. The van der Waals surface area contributed by atoms with Crippen LogP contribution in [0, 0.1) is 11.3 Å². The second-order valence-corrected chi connectivity index (χ2v) is 6.62. The van der Waals surface area contributed by atoms with Gasteiger partial charge in [-0.2, -0.15) is 5.10 Å². The molecule has 0 aromatic carbocycles. The Morgan fingerprint density at radius 3 is 2.43 bits per heavy atom. The maximum absolute atomic E-state index is 11.6. The van der Waals surface area contributed by atoms with Crippen LogP contribution in [0.15, 0.2) is 17.8 Å². The van der Waals surface area contributed by atoms with Crippen molar-refractivity contribution in [2.75, 3.05) is 6.54 Å². The van der Waals surface area contributed by atoms with Gasteiger partial charge in [0, 0.05) is 12.3 Å². The summed E-state index contributed by atoms with van der Waals surface area (Å²) < 4.78 is 0. The monoisotopic (exact) mass is 293 g/mol. The Labute approximate surface area is 127 Å². The van der Waals surface area contributed by atoms with E-state index in [1.165, 1.54) is 0 Å². The minimum absolute atomic E-state index is 0.199. The van der Waals surface area contributed by atoms with E-state index < -0.39 is 0 Å². The molecule has 0 spiro atoms. The molecule has 2 N–H and O–H groups in total. The van der Waals surface area contributed by atoms with Gasteiger partial charge in [-0.05, 0) is 37.0 Å². The maximum atomic E-state index is 11.6. The average Bonchev–Trinajstić information content (AvgIpc) is 2.42. The summed E-state index contributed by atoms with van der Waals surface area (Å²) in [5, 5.41) is 6.71. The van der Waals surface area contributed by atoms with Crippen LogP contribution in [0.4, 0.5) is 0 Å². The molecule has 0 heterocycles. The van der Waals surface area contributed by atoms with Gasteiger partial charge in [0.2, 0.25) is 11.8 Å². The number of nitrogens with one attached hydrogen (secondary N) is 2. The predicted molar refractivity (Wildman–Crippen MR) is 84.8 cm³/mol. The van der Waals surface area contributed by atoms with Gasteiger partial charge in [-0.15, -0.1) is 6.58 Å². The van der Waals surface area contributed by atoms with E-state index in [2.05, 4.69) is 43.2 Å². The fourth-order valence-corrected chi connectivity index (χ4v) is 2.50. The molecular formula is C16H27N3O2. The van der Waals surface area contributed by atoms with E-state index in [1.54, 1.807) is 6.08 Å². The molecule has 118 valence electrons. The first kappa shape index (κ1) is 17.4. The third-order valence-electron chi connectivity index (χ3n) is 3.89. The topological polar surface area (TPSA) is 70.6 Å². The van der Waals surface area contributed by atoms with Crippen LogP contribution in [0.25, 0.3) is 0 Å². The van der Waals surface area contributed by atoms with E-state index in [0.29, 0.717) is 17.9 Å². The molecule has 0 aromatic rings. The van der Waals surface area contributed by atoms with Gasteiger partial charge in [-0.25, -0.2) is 5.43 Å². The molecule has 1 saturated carbocycles. The molecule has 0 atom stereocenters. The lowest BCUT2D eigenvalue weighted by Gasteiger charge is -2.34. The smallest absolute Gasteiger partial charge is 0.249 e. The second-order valence-electron chi connectivity index (χ2n) is 6.62. The molecule has 0 radical (unpaired) electrons. The molecule has 1 aliphatic rings. The van der Waals surface area contributed by atoms with Gasteiger partial charge >= 0.3 is 0 Å². The van der Waals surface area contributed by atoms with Crippen LogP contribution in [0.3, 0.4) is 0 Å². The molecule has 21 heavy (non-hydrogen) atoms. The molecular weight excluding hydrogens is 266 g/mol. The van der Waals surface area contributed by atoms with Gasteiger partial charge in [-0.3, -0.25) is 9.59 Å². The van der Waals surface area contributed by atoms with Crippen molar-refractivity contribution < 1.29 is 9.59 Å². The lowest BCUT2D eigenvalue weighted by Crippen LogP contribution is -2.31. The van der Waals surface area contributed by atoms with Gasteiger partial charge in [0.25, 0.3) is 0 Å². The highest BCUT2D eigenvalue weighted by Gasteiger charge is 2.28. The highest BCUT2D eigenvalue weighted by molar-refractivity contribution is 5.97. The van der Waals surface area contributed by atoms with Gasteiger partial charge in [0.15, 0.2) is 0 Å². The molecule has 2 amide bonds. The molecule has 5 nitrogen and oxygen atoms in total. The summed E-state index contributed by atoms with van der Waals surface area (Å²) >= 11 is 0. The molecule has 0 saturated heterocycles. The van der Waals surface area contributed by atoms with Crippen molar-refractivity contribution in [3.8, 4) is 0 Å². The number of rotatable bonds is 5. The Bertz CT molecular complexity index is 412. The summed E-state index contributed by atoms with van der Waals surface area (Å²) in [7, 11) is 0. The Hall–Kier alpha value is -1.65. The highest BCUT2D eigenvalue weighted by atomic mass is 16.2. The van der Waals surface area contributed by atoms with Gasteiger partial charge in [-0.1, -0.05) is 26.8 Å². The third kappa shape index (κ3) is 6.56. The van der Waals surface area contributed by atoms with E-state index >= 15 is 0 Å². The van der Waals surface area contributed by atoms with Crippen molar-refractivity contribution in [2.24, 2.45) is 16.4 Å². The van der Waals surface area contributed by atoms with E-state index in [-0.39, 0.29) is 18.2 Å². The van der Waals surface area contributed by atoms with E-state index in [9.17, 15) is 9.59 Å². The summed E-state index contributed by atoms with van der Waals surface area (Å²) in [6.07, 6.45) is 5.44. The van der Waals surface area contributed by atoms with E-state index in [0.717, 1.165) is 31.4 Å². The normalized spacial score (nSPS) is 18.8. The van der Waals surface area contributed by atoms with Crippen molar-refractivity contribution in [3.63, 3.8) is 0 Å². The van der Waals surface area contributed by atoms with Crippen LogP contribution in [-0.4, -0.2) is 24.1 Å².